The van der Waals surface area contributed by atoms with Crippen LogP contribution in [0.1, 0.15) is 26.5 Å². The maximum atomic E-state index is 5.51. The fourth-order valence-electron chi connectivity index (χ4n) is 1.91. The Morgan fingerprint density at radius 3 is 2.65 bits per heavy atom. The molecule has 0 saturated carbocycles. The van der Waals surface area contributed by atoms with Crippen molar-refractivity contribution in [1.82, 2.24) is 10.6 Å². The van der Waals surface area contributed by atoms with Crippen molar-refractivity contribution < 1.29 is 9.15 Å². The number of aliphatic imine (C=N–C) groups is 1. The summed E-state index contributed by atoms with van der Waals surface area (Å²) >= 11 is 0. The van der Waals surface area contributed by atoms with Crippen LogP contribution < -0.4 is 10.6 Å². The molecular weight excluding hydrogens is 254 g/mol. The predicted octanol–water partition coefficient (Wildman–Crippen LogP) is 2.05. The van der Waals surface area contributed by atoms with Crippen molar-refractivity contribution in [2.24, 2.45) is 10.4 Å². The van der Waals surface area contributed by atoms with E-state index in [1.54, 1.807) is 20.4 Å². The number of nitrogens with one attached hydrogen (secondary N) is 2. The molecule has 20 heavy (non-hydrogen) atoms. The zero-order valence-electron chi connectivity index (χ0n) is 13.2. The topological polar surface area (TPSA) is 58.8 Å². The van der Waals surface area contributed by atoms with E-state index in [4.69, 9.17) is 9.15 Å². The average molecular weight is 281 g/mol. The number of furan rings is 1. The summed E-state index contributed by atoms with van der Waals surface area (Å²) in [6.07, 6.45) is 2.65. The number of rotatable bonds is 6. The summed E-state index contributed by atoms with van der Waals surface area (Å²) in [6.45, 7) is 7.99. The van der Waals surface area contributed by atoms with Crippen molar-refractivity contribution in [2.75, 3.05) is 27.2 Å². The number of methoxy groups -OCH3 is 1. The highest BCUT2D eigenvalue weighted by Gasteiger charge is 2.24. The zero-order valence-corrected chi connectivity index (χ0v) is 13.2. The molecule has 1 heterocycles. The van der Waals surface area contributed by atoms with Crippen molar-refractivity contribution >= 4 is 5.96 Å². The quantitative estimate of drug-likeness (QED) is 0.619. The molecular formula is C15H27N3O2. The molecule has 5 nitrogen and oxygen atoms in total. The van der Waals surface area contributed by atoms with Crippen LogP contribution in [0.15, 0.2) is 27.8 Å². The minimum Gasteiger partial charge on any atom is -0.469 e. The van der Waals surface area contributed by atoms with E-state index in [0.717, 1.165) is 31.2 Å². The Balaban J connectivity index is 2.32. The van der Waals surface area contributed by atoms with Crippen molar-refractivity contribution in [3.8, 4) is 0 Å². The van der Waals surface area contributed by atoms with E-state index in [9.17, 15) is 0 Å². The first-order valence-electron chi connectivity index (χ1n) is 6.97. The van der Waals surface area contributed by atoms with Crippen LogP contribution in [-0.2, 0) is 11.2 Å². The molecule has 0 aliphatic heterocycles. The lowest BCUT2D eigenvalue weighted by molar-refractivity contribution is 0.0205. The van der Waals surface area contributed by atoms with Crippen LogP contribution in [0, 0.1) is 5.41 Å². The van der Waals surface area contributed by atoms with Crippen LogP contribution in [0.5, 0.6) is 0 Å². The Hall–Kier alpha value is -1.49. The lowest BCUT2D eigenvalue weighted by atomic mass is 9.89. The first kappa shape index (κ1) is 16.6. The van der Waals surface area contributed by atoms with Gasteiger partial charge < -0.3 is 19.8 Å². The van der Waals surface area contributed by atoms with Crippen molar-refractivity contribution in [2.45, 2.75) is 33.3 Å². The van der Waals surface area contributed by atoms with Crippen molar-refractivity contribution in [1.29, 1.82) is 0 Å². The Morgan fingerprint density at radius 2 is 2.15 bits per heavy atom. The van der Waals surface area contributed by atoms with Crippen LogP contribution >= 0.6 is 0 Å². The van der Waals surface area contributed by atoms with Gasteiger partial charge in [0, 0.05) is 33.7 Å². The minimum absolute atomic E-state index is 0.0920. The Labute approximate surface area is 121 Å². The average Bonchev–Trinajstić information content (AvgIpc) is 2.88. The van der Waals surface area contributed by atoms with Gasteiger partial charge in [-0.3, -0.25) is 4.99 Å². The number of nitrogens with zero attached hydrogens (tertiary/aromatic N) is 1. The minimum atomic E-state index is 0.0920. The predicted molar refractivity (Wildman–Crippen MR) is 82.0 cm³/mol. The number of ether oxygens (including phenoxy) is 1. The summed E-state index contributed by atoms with van der Waals surface area (Å²) in [5, 5.41) is 6.55. The lowest BCUT2D eigenvalue weighted by Crippen LogP contribution is -2.45. The fourth-order valence-corrected chi connectivity index (χ4v) is 1.91. The van der Waals surface area contributed by atoms with Crippen LogP contribution in [0.2, 0.25) is 0 Å². The summed E-state index contributed by atoms with van der Waals surface area (Å²) < 4.78 is 10.8. The lowest BCUT2D eigenvalue weighted by Gasteiger charge is -2.30. The zero-order chi connectivity index (χ0) is 15.0. The maximum Gasteiger partial charge on any atom is 0.191 e. The summed E-state index contributed by atoms with van der Waals surface area (Å²) in [4.78, 5) is 4.20. The highest BCUT2D eigenvalue weighted by Crippen LogP contribution is 2.20. The van der Waals surface area contributed by atoms with E-state index in [1.807, 2.05) is 12.1 Å². The summed E-state index contributed by atoms with van der Waals surface area (Å²) in [5.41, 5.74) is 0.0920. The Morgan fingerprint density at radius 1 is 1.40 bits per heavy atom. The van der Waals surface area contributed by atoms with Gasteiger partial charge in [0.25, 0.3) is 0 Å². The van der Waals surface area contributed by atoms with E-state index in [2.05, 4.69) is 36.4 Å². The molecule has 0 bridgehead atoms. The van der Waals surface area contributed by atoms with Gasteiger partial charge >= 0.3 is 0 Å². The molecule has 0 fully saturated rings. The standard InChI is InChI=1S/C15H27N3O2/c1-15(2,3)13(19-5)11-18-14(16-4)17-9-8-12-7-6-10-20-12/h6-7,10,13H,8-9,11H2,1-5H3,(H2,16,17,18). The third-order valence-corrected chi connectivity index (χ3v) is 3.17. The third-order valence-electron chi connectivity index (χ3n) is 3.17. The van der Waals surface area contributed by atoms with Gasteiger partial charge in [-0.15, -0.1) is 0 Å². The largest absolute Gasteiger partial charge is 0.469 e. The second-order valence-electron chi connectivity index (χ2n) is 5.80. The molecule has 1 aromatic heterocycles. The molecule has 1 atom stereocenters. The monoisotopic (exact) mass is 281 g/mol. The normalized spacial score (nSPS) is 14.2. The van der Waals surface area contributed by atoms with Gasteiger partial charge in [-0.05, 0) is 17.5 Å². The molecule has 2 N–H and O–H groups in total. The van der Waals surface area contributed by atoms with E-state index >= 15 is 0 Å². The summed E-state index contributed by atoms with van der Waals surface area (Å²) in [5.74, 6) is 1.75. The maximum absolute atomic E-state index is 5.51. The molecule has 0 spiro atoms. The molecule has 5 heteroatoms. The van der Waals surface area contributed by atoms with Crippen LogP contribution in [-0.4, -0.2) is 39.3 Å². The molecule has 0 amide bonds. The second-order valence-corrected chi connectivity index (χ2v) is 5.80. The molecule has 0 aliphatic carbocycles. The SMILES string of the molecule is CN=C(NCCc1ccco1)NCC(OC)C(C)(C)C. The number of guanidine groups is 1. The highest BCUT2D eigenvalue weighted by molar-refractivity contribution is 5.79. The Kier molecular flexibility index (Phi) is 6.58. The molecule has 1 rings (SSSR count). The van der Waals surface area contributed by atoms with Crippen molar-refractivity contribution in [3.63, 3.8) is 0 Å². The van der Waals surface area contributed by atoms with Gasteiger partial charge in [-0.25, -0.2) is 0 Å². The van der Waals surface area contributed by atoms with Crippen LogP contribution in [0.4, 0.5) is 0 Å². The molecule has 1 aromatic rings. The molecule has 0 radical (unpaired) electrons. The second kappa shape index (κ2) is 7.94. The molecule has 0 aromatic carbocycles. The summed E-state index contributed by atoms with van der Waals surface area (Å²) in [6, 6.07) is 3.87. The summed E-state index contributed by atoms with van der Waals surface area (Å²) in [7, 11) is 3.51. The van der Waals surface area contributed by atoms with Gasteiger partial charge in [0.15, 0.2) is 5.96 Å². The van der Waals surface area contributed by atoms with Gasteiger partial charge in [0.2, 0.25) is 0 Å². The van der Waals surface area contributed by atoms with Gasteiger partial charge in [-0.1, -0.05) is 20.8 Å². The first-order valence-corrected chi connectivity index (χ1v) is 6.97. The fraction of sp³-hybridized carbons (Fsp3) is 0.667. The molecule has 114 valence electrons. The van der Waals surface area contributed by atoms with E-state index in [1.165, 1.54) is 0 Å². The first-order chi connectivity index (χ1) is 9.47. The number of hydrogen-bond acceptors (Lipinski definition) is 3. The van der Waals surface area contributed by atoms with Crippen LogP contribution in [0.25, 0.3) is 0 Å². The van der Waals surface area contributed by atoms with Crippen molar-refractivity contribution in [3.05, 3.63) is 24.2 Å². The van der Waals surface area contributed by atoms with Crippen LogP contribution in [0.3, 0.4) is 0 Å². The molecule has 1 unspecified atom stereocenters. The highest BCUT2D eigenvalue weighted by atomic mass is 16.5. The smallest absolute Gasteiger partial charge is 0.191 e. The van der Waals surface area contributed by atoms with E-state index in [-0.39, 0.29) is 11.5 Å². The van der Waals surface area contributed by atoms with Gasteiger partial charge in [0.1, 0.15) is 5.76 Å². The van der Waals surface area contributed by atoms with E-state index < -0.39 is 0 Å². The Bertz CT molecular complexity index is 394. The number of hydrogen-bond donors (Lipinski definition) is 2. The molecule has 0 aliphatic rings. The van der Waals surface area contributed by atoms with Gasteiger partial charge in [-0.2, -0.15) is 0 Å². The molecule has 0 saturated heterocycles. The van der Waals surface area contributed by atoms with E-state index in [0.29, 0.717) is 0 Å². The third kappa shape index (κ3) is 5.65. The van der Waals surface area contributed by atoms with Gasteiger partial charge in [0.05, 0.1) is 12.4 Å².